The second kappa shape index (κ2) is 6.36. The number of H-pyrrole nitrogens is 1. The summed E-state index contributed by atoms with van der Waals surface area (Å²) in [5, 5.41) is 0. The first-order valence-electron chi connectivity index (χ1n) is 7.09. The standard InChI is InChI=1S/C18H16N2O3/c1-22-16-10-13(11-21)17(23-2)9-12(16)7-8-18-19-14-5-3-4-6-15(14)20-18/h3-11H,1-2H3,(H,19,20)/b8-7+. The number of ether oxygens (including phenoxy) is 2. The summed E-state index contributed by atoms with van der Waals surface area (Å²) in [6.45, 7) is 0. The van der Waals surface area contributed by atoms with Crippen LogP contribution in [0.2, 0.25) is 0 Å². The molecule has 1 N–H and O–H groups in total. The Morgan fingerprint density at radius 3 is 2.39 bits per heavy atom. The van der Waals surface area contributed by atoms with E-state index < -0.39 is 0 Å². The summed E-state index contributed by atoms with van der Waals surface area (Å²) in [6.07, 6.45) is 4.47. The van der Waals surface area contributed by atoms with Crippen LogP contribution in [0, 0.1) is 0 Å². The van der Waals surface area contributed by atoms with Crippen molar-refractivity contribution in [1.82, 2.24) is 9.97 Å². The van der Waals surface area contributed by atoms with Crippen molar-refractivity contribution in [2.24, 2.45) is 0 Å². The summed E-state index contributed by atoms with van der Waals surface area (Å²) in [5.41, 5.74) is 3.14. The Morgan fingerprint density at radius 1 is 1.00 bits per heavy atom. The number of carbonyl (C=O) groups excluding carboxylic acids is 1. The molecule has 0 aliphatic carbocycles. The maximum atomic E-state index is 11.1. The highest BCUT2D eigenvalue weighted by Gasteiger charge is 2.09. The summed E-state index contributed by atoms with van der Waals surface area (Å²) in [6, 6.07) is 11.3. The van der Waals surface area contributed by atoms with E-state index in [1.807, 2.05) is 36.4 Å². The van der Waals surface area contributed by atoms with E-state index in [2.05, 4.69) is 9.97 Å². The van der Waals surface area contributed by atoms with E-state index in [-0.39, 0.29) is 0 Å². The maximum absolute atomic E-state index is 11.1. The summed E-state index contributed by atoms with van der Waals surface area (Å²) < 4.78 is 10.6. The van der Waals surface area contributed by atoms with Crippen molar-refractivity contribution < 1.29 is 14.3 Å². The topological polar surface area (TPSA) is 64.2 Å². The molecule has 3 aromatic rings. The quantitative estimate of drug-likeness (QED) is 0.732. The van der Waals surface area contributed by atoms with E-state index in [0.717, 1.165) is 28.7 Å². The molecule has 0 fully saturated rings. The number of aldehydes is 1. The van der Waals surface area contributed by atoms with Gasteiger partial charge >= 0.3 is 0 Å². The molecule has 0 aliphatic rings. The minimum atomic E-state index is 0.449. The number of benzene rings is 2. The molecule has 0 atom stereocenters. The third-order valence-electron chi connectivity index (χ3n) is 3.54. The Hall–Kier alpha value is -3.08. The number of aromatic amines is 1. The van der Waals surface area contributed by atoms with E-state index in [0.29, 0.717) is 17.1 Å². The summed E-state index contributed by atoms with van der Waals surface area (Å²) in [5.74, 6) is 1.84. The third kappa shape index (κ3) is 2.94. The Bertz CT molecular complexity index is 848. The van der Waals surface area contributed by atoms with Crippen molar-refractivity contribution in [3.8, 4) is 11.5 Å². The molecule has 0 aliphatic heterocycles. The molecule has 0 radical (unpaired) electrons. The highest BCUT2D eigenvalue weighted by atomic mass is 16.5. The van der Waals surface area contributed by atoms with Crippen molar-refractivity contribution in [3.63, 3.8) is 0 Å². The molecule has 3 rings (SSSR count). The number of nitrogens with one attached hydrogen (secondary N) is 1. The number of imidazole rings is 1. The fraction of sp³-hybridized carbons (Fsp3) is 0.111. The predicted molar refractivity (Wildman–Crippen MR) is 90.0 cm³/mol. The lowest BCUT2D eigenvalue weighted by Crippen LogP contribution is -1.95. The summed E-state index contributed by atoms with van der Waals surface area (Å²) in [4.78, 5) is 18.8. The number of aromatic nitrogens is 2. The van der Waals surface area contributed by atoms with Crippen LogP contribution in [-0.2, 0) is 0 Å². The number of rotatable bonds is 5. The zero-order chi connectivity index (χ0) is 16.2. The van der Waals surface area contributed by atoms with Gasteiger partial charge in [0, 0.05) is 5.56 Å². The maximum Gasteiger partial charge on any atom is 0.153 e. The van der Waals surface area contributed by atoms with Crippen LogP contribution < -0.4 is 9.47 Å². The first-order valence-corrected chi connectivity index (χ1v) is 7.09. The lowest BCUT2D eigenvalue weighted by Gasteiger charge is -2.09. The van der Waals surface area contributed by atoms with Crippen molar-refractivity contribution >= 4 is 29.5 Å². The molecule has 0 unspecified atom stereocenters. The van der Waals surface area contributed by atoms with Gasteiger partial charge < -0.3 is 14.5 Å². The highest BCUT2D eigenvalue weighted by molar-refractivity contribution is 5.84. The molecule has 2 aromatic carbocycles. The van der Waals surface area contributed by atoms with Crippen molar-refractivity contribution in [3.05, 3.63) is 53.3 Å². The van der Waals surface area contributed by atoms with Crippen molar-refractivity contribution in [2.45, 2.75) is 0 Å². The Balaban J connectivity index is 1.99. The van der Waals surface area contributed by atoms with E-state index >= 15 is 0 Å². The second-order valence-corrected chi connectivity index (χ2v) is 4.93. The second-order valence-electron chi connectivity index (χ2n) is 4.93. The molecule has 116 valence electrons. The van der Waals surface area contributed by atoms with Crippen LogP contribution in [0.5, 0.6) is 11.5 Å². The molecule has 1 heterocycles. The van der Waals surface area contributed by atoms with Crippen molar-refractivity contribution in [2.75, 3.05) is 14.2 Å². The molecule has 0 bridgehead atoms. The monoisotopic (exact) mass is 308 g/mol. The van der Waals surface area contributed by atoms with Gasteiger partial charge in [0.15, 0.2) is 6.29 Å². The SMILES string of the molecule is COc1cc(/C=C/c2nc3ccccc3[nH]2)c(OC)cc1C=O. The van der Waals surface area contributed by atoms with Gasteiger partial charge in [-0.1, -0.05) is 12.1 Å². The summed E-state index contributed by atoms with van der Waals surface area (Å²) >= 11 is 0. The van der Waals surface area contributed by atoms with Crippen LogP contribution in [0.3, 0.4) is 0 Å². The van der Waals surface area contributed by atoms with Gasteiger partial charge in [0.1, 0.15) is 17.3 Å². The van der Waals surface area contributed by atoms with Crippen LogP contribution in [0.25, 0.3) is 23.2 Å². The number of para-hydroxylation sites is 2. The molecular formula is C18H16N2O3. The molecule has 0 saturated heterocycles. The molecule has 1 aromatic heterocycles. The van der Waals surface area contributed by atoms with E-state index in [4.69, 9.17) is 9.47 Å². The number of fused-ring (bicyclic) bond motifs is 1. The van der Waals surface area contributed by atoms with Crippen molar-refractivity contribution in [1.29, 1.82) is 0 Å². The zero-order valence-electron chi connectivity index (χ0n) is 12.9. The number of carbonyl (C=O) groups is 1. The van der Waals surface area contributed by atoms with Crippen LogP contribution in [-0.4, -0.2) is 30.5 Å². The zero-order valence-corrected chi connectivity index (χ0v) is 12.9. The van der Waals surface area contributed by atoms with E-state index in [1.165, 1.54) is 7.11 Å². The van der Waals surface area contributed by atoms with Gasteiger partial charge in [-0.25, -0.2) is 4.98 Å². The summed E-state index contributed by atoms with van der Waals surface area (Å²) in [7, 11) is 3.09. The lowest BCUT2D eigenvalue weighted by atomic mass is 10.1. The molecule has 5 heteroatoms. The lowest BCUT2D eigenvalue weighted by molar-refractivity contribution is 0.112. The average molecular weight is 308 g/mol. The number of hydrogen-bond acceptors (Lipinski definition) is 4. The van der Waals surface area contributed by atoms with Gasteiger partial charge in [0.05, 0.1) is 30.8 Å². The third-order valence-corrected chi connectivity index (χ3v) is 3.54. The molecule has 5 nitrogen and oxygen atoms in total. The van der Waals surface area contributed by atoms with Gasteiger partial charge in [-0.05, 0) is 36.4 Å². The molecule has 23 heavy (non-hydrogen) atoms. The fourth-order valence-electron chi connectivity index (χ4n) is 2.39. The van der Waals surface area contributed by atoms with Gasteiger partial charge in [-0.15, -0.1) is 0 Å². The van der Waals surface area contributed by atoms with Gasteiger partial charge in [-0.3, -0.25) is 4.79 Å². The molecule has 0 saturated carbocycles. The van der Waals surface area contributed by atoms with E-state index in [1.54, 1.807) is 19.2 Å². The Kier molecular flexibility index (Phi) is 4.10. The van der Waals surface area contributed by atoms with Gasteiger partial charge in [-0.2, -0.15) is 0 Å². The Morgan fingerprint density at radius 2 is 1.70 bits per heavy atom. The van der Waals surface area contributed by atoms with E-state index in [9.17, 15) is 4.79 Å². The van der Waals surface area contributed by atoms with Gasteiger partial charge in [0.2, 0.25) is 0 Å². The largest absolute Gasteiger partial charge is 0.496 e. The number of methoxy groups -OCH3 is 2. The minimum absolute atomic E-state index is 0.449. The number of hydrogen-bond donors (Lipinski definition) is 1. The predicted octanol–water partition coefficient (Wildman–Crippen LogP) is 3.56. The van der Waals surface area contributed by atoms with Crippen LogP contribution in [0.4, 0.5) is 0 Å². The smallest absolute Gasteiger partial charge is 0.153 e. The highest BCUT2D eigenvalue weighted by Crippen LogP contribution is 2.29. The molecule has 0 spiro atoms. The fourth-order valence-corrected chi connectivity index (χ4v) is 2.39. The average Bonchev–Trinajstić information content (AvgIpc) is 3.01. The minimum Gasteiger partial charge on any atom is -0.496 e. The van der Waals surface area contributed by atoms with Crippen LogP contribution in [0.15, 0.2) is 36.4 Å². The first-order chi connectivity index (χ1) is 11.2. The van der Waals surface area contributed by atoms with Crippen LogP contribution >= 0.6 is 0 Å². The molecular weight excluding hydrogens is 292 g/mol. The van der Waals surface area contributed by atoms with Crippen LogP contribution in [0.1, 0.15) is 21.7 Å². The molecule has 0 amide bonds. The van der Waals surface area contributed by atoms with Gasteiger partial charge in [0.25, 0.3) is 0 Å². The Labute approximate surface area is 133 Å². The first kappa shape index (κ1) is 14.8. The number of nitrogens with zero attached hydrogens (tertiary/aromatic N) is 1. The normalized spacial score (nSPS) is 11.0.